The molecule has 0 aliphatic carbocycles. The molecule has 184 valence electrons. The van der Waals surface area contributed by atoms with Gasteiger partial charge in [0.15, 0.2) is 0 Å². The predicted molar refractivity (Wildman–Crippen MR) is 134 cm³/mol. The number of nitrogens with one attached hydrogen (secondary N) is 1. The summed E-state index contributed by atoms with van der Waals surface area (Å²) >= 11 is 12.5. The Balaban J connectivity index is 1.31. The van der Waals surface area contributed by atoms with E-state index in [-0.39, 0.29) is 16.0 Å². The van der Waals surface area contributed by atoms with E-state index in [4.69, 9.17) is 27.9 Å². The summed E-state index contributed by atoms with van der Waals surface area (Å²) in [5, 5.41) is 6.67. The van der Waals surface area contributed by atoms with Crippen molar-refractivity contribution in [1.82, 2.24) is 19.5 Å². The quantitative estimate of drug-likeness (QED) is 0.513. The summed E-state index contributed by atoms with van der Waals surface area (Å²) < 4.78 is 33.2. The minimum absolute atomic E-state index is 0.0998. The number of rotatable bonds is 6. The van der Waals surface area contributed by atoms with Gasteiger partial charge in [-0.05, 0) is 30.5 Å². The van der Waals surface area contributed by atoms with Crippen molar-refractivity contribution < 1.29 is 13.2 Å². The van der Waals surface area contributed by atoms with Crippen LogP contribution in [0.25, 0.3) is 11.1 Å². The van der Waals surface area contributed by atoms with Crippen molar-refractivity contribution in [3.05, 3.63) is 63.1 Å². The molecule has 0 amide bonds. The maximum Gasteiger partial charge on any atom is 0.285 e. The molecule has 2 fully saturated rings. The first-order valence-corrected chi connectivity index (χ1v) is 13.4. The van der Waals surface area contributed by atoms with E-state index >= 15 is 0 Å². The molecule has 0 bridgehead atoms. The third-order valence-electron chi connectivity index (χ3n) is 6.25. The SMILES string of the molecule is O=c1[nH]ncc(N2CCC(Oc3cc(-c4ccc(S(=O)(=O)N5CCCC5)cc4)c(Cl)cn3)C2)c1Cl. The third kappa shape index (κ3) is 4.88. The van der Waals surface area contributed by atoms with E-state index in [0.717, 1.165) is 18.4 Å². The van der Waals surface area contributed by atoms with Crippen LogP contribution < -0.4 is 15.2 Å². The molecule has 9 nitrogen and oxygen atoms in total. The van der Waals surface area contributed by atoms with Crippen LogP contribution in [0.1, 0.15) is 19.3 Å². The number of aromatic amines is 1. The lowest BCUT2D eigenvalue weighted by atomic mass is 10.1. The second-order valence-corrected chi connectivity index (χ2v) is 11.2. The van der Waals surface area contributed by atoms with Crippen LogP contribution in [-0.2, 0) is 10.0 Å². The lowest BCUT2D eigenvalue weighted by molar-refractivity contribution is 0.216. The Bertz CT molecular complexity index is 1390. The van der Waals surface area contributed by atoms with Crippen LogP contribution in [0, 0.1) is 0 Å². The molecular formula is C23H23Cl2N5O4S. The predicted octanol–water partition coefficient (Wildman–Crippen LogP) is 3.58. The third-order valence-corrected chi connectivity index (χ3v) is 8.83. The number of nitrogens with zero attached hydrogens (tertiary/aromatic N) is 4. The number of H-pyrrole nitrogens is 1. The molecule has 0 saturated carbocycles. The zero-order valence-corrected chi connectivity index (χ0v) is 21.0. The molecule has 2 aliphatic rings. The molecule has 12 heteroatoms. The van der Waals surface area contributed by atoms with Gasteiger partial charge < -0.3 is 9.64 Å². The summed E-state index contributed by atoms with van der Waals surface area (Å²) in [4.78, 5) is 18.3. The van der Waals surface area contributed by atoms with E-state index in [2.05, 4.69) is 15.2 Å². The molecule has 2 aliphatic heterocycles. The summed E-state index contributed by atoms with van der Waals surface area (Å²) in [6, 6.07) is 8.44. The molecule has 0 radical (unpaired) electrons. The van der Waals surface area contributed by atoms with Gasteiger partial charge in [-0.25, -0.2) is 18.5 Å². The Kier molecular flexibility index (Phi) is 6.71. The number of sulfonamides is 1. The van der Waals surface area contributed by atoms with E-state index in [1.807, 2.05) is 4.90 Å². The van der Waals surface area contributed by atoms with E-state index in [1.165, 1.54) is 16.7 Å². The van der Waals surface area contributed by atoms with Crippen LogP contribution in [0.2, 0.25) is 10.0 Å². The lowest BCUT2D eigenvalue weighted by Gasteiger charge is -2.19. The molecule has 2 aromatic heterocycles. The zero-order valence-electron chi connectivity index (χ0n) is 18.7. The van der Waals surface area contributed by atoms with Crippen molar-refractivity contribution in [2.45, 2.75) is 30.3 Å². The Morgan fingerprint density at radius 3 is 2.54 bits per heavy atom. The van der Waals surface area contributed by atoms with Crippen molar-refractivity contribution in [3.63, 3.8) is 0 Å². The van der Waals surface area contributed by atoms with Gasteiger partial charge in [0, 0.05) is 37.7 Å². The summed E-state index contributed by atoms with van der Waals surface area (Å²) in [5.41, 5.74) is 1.59. The summed E-state index contributed by atoms with van der Waals surface area (Å²) in [7, 11) is -3.48. The first kappa shape index (κ1) is 24.1. The van der Waals surface area contributed by atoms with Crippen LogP contribution in [-0.4, -0.2) is 60.2 Å². The molecular weight excluding hydrogens is 513 g/mol. The average molecular weight is 536 g/mol. The van der Waals surface area contributed by atoms with Crippen molar-refractivity contribution in [2.24, 2.45) is 0 Å². The second kappa shape index (κ2) is 9.77. The fraction of sp³-hybridized carbons (Fsp3) is 0.348. The minimum atomic E-state index is -3.48. The maximum atomic E-state index is 12.8. The molecule has 5 rings (SSSR count). The molecule has 35 heavy (non-hydrogen) atoms. The molecule has 2 saturated heterocycles. The topological polar surface area (TPSA) is 108 Å². The molecule has 1 aromatic carbocycles. The Hall–Kier alpha value is -2.66. The van der Waals surface area contributed by atoms with Gasteiger partial charge >= 0.3 is 0 Å². The van der Waals surface area contributed by atoms with Gasteiger partial charge in [-0.15, -0.1) is 0 Å². The van der Waals surface area contributed by atoms with E-state index < -0.39 is 15.6 Å². The first-order chi connectivity index (χ1) is 16.8. The van der Waals surface area contributed by atoms with Gasteiger partial charge in [0.1, 0.15) is 11.1 Å². The summed E-state index contributed by atoms with van der Waals surface area (Å²) in [6.07, 6.45) is 5.37. The van der Waals surface area contributed by atoms with Crippen molar-refractivity contribution in [1.29, 1.82) is 0 Å². The lowest BCUT2D eigenvalue weighted by Crippen LogP contribution is -2.27. The standard InChI is InChI=1S/C23H23Cl2N5O4S/c24-19-12-26-21(34-16-7-10-29(14-16)20-13-27-28-23(31)22(20)25)11-18(19)15-3-5-17(6-4-15)35(32,33)30-8-1-2-9-30/h3-6,11-13,16H,1-2,7-10,14H2,(H,28,31). The van der Waals surface area contributed by atoms with Gasteiger partial charge in [-0.1, -0.05) is 35.3 Å². The van der Waals surface area contributed by atoms with Gasteiger partial charge in [-0.3, -0.25) is 4.79 Å². The van der Waals surface area contributed by atoms with Crippen molar-refractivity contribution >= 4 is 38.9 Å². The van der Waals surface area contributed by atoms with Crippen LogP contribution in [0.15, 0.2) is 52.4 Å². The first-order valence-electron chi connectivity index (χ1n) is 11.2. The Morgan fingerprint density at radius 1 is 1.06 bits per heavy atom. The number of aromatic nitrogens is 3. The average Bonchev–Trinajstić information content (AvgIpc) is 3.55. The van der Waals surface area contributed by atoms with E-state index in [0.29, 0.717) is 54.8 Å². The number of ether oxygens (including phenoxy) is 1. The van der Waals surface area contributed by atoms with Gasteiger partial charge in [0.25, 0.3) is 5.56 Å². The van der Waals surface area contributed by atoms with E-state index in [9.17, 15) is 13.2 Å². The fourth-order valence-electron chi connectivity index (χ4n) is 4.40. The second-order valence-electron chi connectivity index (χ2n) is 8.51. The highest BCUT2D eigenvalue weighted by Crippen LogP contribution is 2.33. The summed E-state index contributed by atoms with van der Waals surface area (Å²) in [5.74, 6) is 0.403. The fourth-order valence-corrected chi connectivity index (χ4v) is 6.34. The molecule has 1 unspecified atom stereocenters. The molecule has 1 N–H and O–H groups in total. The van der Waals surface area contributed by atoms with Crippen molar-refractivity contribution in [3.8, 4) is 17.0 Å². The zero-order chi connectivity index (χ0) is 24.6. The minimum Gasteiger partial charge on any atom is -0.472 e. The molecule has 4 heterocycles. The number of hydrogen-bond donors (Lipinski definition) is 1. The highest BCUT2D eigenvalue weighted by Gasteiger charge is 2.28. The van der Waals surface area contributed by atoms with Crippen LogP contribution >= 0.6 is 23.2 Å². The monoisotopic (exact) mass is 535 g/mol. The van der Waals surface area contributed by atoms with E-state index in [1.54, 1.807) is 30.3 Å². The Morgan fingerprint density at radius 2 is 1.80 bits per heavy atom. The summed E-state index contributed by atoms with van der Waals surface area (Å²) in [6.45, 7) is 2.29. The normalized spacial score (nSPS) is 18.8. The van der Waals surface area contributed by atoms with Gasteiger partial charge in [-0.2, -0.15) is 9.40 Å². The number of benzene rings is 1. The number of pyridine rings is 1. The number of hydrogen-bond acceptors (Lipinski definition) is 7. The highest BCUT2D eigenvalue weighted by molar-refractivity contribution is 7.89. The Labute approximate surface area is 212 Å². The van der Waals surface area contributed by atoms with Gasteiger partial charge in [0.2, 0.25) is 15.9 Å². The molecule has 1 atom stereocenters. The smallest absolute Gasteiger partial charge is 0.285 e. The van der Waals surface area contributed by atoms with Crippen LogP contribution in [0.5, 0.6) is 5.88 Å². The molecule has 0 spiro atoms. The maximum absolute atomic E-state index is 12.8. The highest BCUT2D eigenvalue weighted by atomic mass is 35.5. The largest absolute Gasteiger partial charge is 0.472 e. The van der Waals surface area contributed by atoms with Crippen LogP contribution in [0.4, 0.5) is 5.69 Å². The molecule has 3 aromatic rings. The van der Waals surface area contributed by atoms with Crippen molar-refractivity contribution in [2.75, 3.05) is 31.1 Å². The van der Waals surface area contributed by atoms with Gasteiger partial charge in [0.05, 0.1) is 34.5 Å². The number of halogens is 2. The van der Waals surface area contributed by atoms with Crippen LogP contribution in [0.3, 0.4) is 0 Å². The number of anilines is 1.